The molecule has 0 amide bonds. The van der Waals surface area contributed by atoms with Gasteiger partial charge in [0, 0.05) is 17.8 Å². The molecule has 2 fully saturated rings. The molecule has 2 rings (SSSR count). The Hall–Kier alpha value is 0.210. The van der Waals surface area contributed by atoms with E-state index in [1.54, 1.807) is 0 Å². The van der Waals surface area contributed by atoms with Crippen molar-refractivity contribution in [3.63, 3.8) is 0 Å². The van der Waals surface area contributed by atoms with E-state index in [1.807, 2.05) is 0 Å². The van der Waals surface area contributed by atoms with Crippen molar-refractivity contribution < 1.29 is 4.74 Å². The zero-order chi connectivity index (χ0) is 8.44. The molecule has 0 N–H and O–H groups in total. The Kier molecular flexibility index (Phi) is 2.58. The van der Waals surface area contributed by atoms with Crippen molar-refractivity contribution in [2.45, 2.75) is 12.8 Å². The summed E-state index contributed by atoms with van der Waals surface area (Å²) in [6, 6.07) is 0. The van der Waals surface area contributed by atoms with Crippen LogP contribution in [0.5, 0.6) is 0 Å². The van der Waals surface area contributed by atoms with Gasteiger partial charge < -0.3 is 9.64 Å². The van der Waals surface area contributed by atoms with Gasteiger partial charge in [0.2, 0.25) is 0 Å². The van der Waals surface area contributed by atoms with E-state index in [4.69, 9.17) is 16.3 Å². The van der Waals surface area contributed by atoms with Crippen LogP contribution in [0.1, 0.15) is 12.8 Å². The third-order valence-corrected chi connectivity index (χ3v) is 3.30. The summed E-state index contributed by atoms with van der Waals surface area (Å²) in [6.45, 7) is 5.49. The fourth-order valence-electron chi connectivity index (χ4n) is 2.05. The van der Waals surface area contributed by atoms with Gasteiger partial charge in [0.1, 0.15) is 0 Å². The second kappa shape index (κ2) is 3.52. The highest BCUT2D eigenvalue weighted by atomic mass is 35.5. The van der Waals surface area contributed by atoms with Crippen molar-refractivity contribution in [1.82, 2.24) is 4.90 Å². The van der Waals surface area contributed by atoms with Crippen LogP contribution in [0.2, 0.25) is 0 Å². The Morgan fingerprint density at radius 2 is 1.92 bits per heavy atom. The largest absolute Gasteiger partial charge is 0.380 e. The summed E-state index contributed by atoms with van der Waals surface area (Å²) in [6.07, 6.45) is 2.62. The summed E-state index contributed by atoms with van der Waals surface area (Å²) in [4.78, 5) is 2.45. The molecule has 0 aliphatic carbocycles. The molecule has 0 aromatic heterocycles. The molecule has 0 aromatic carbocycles. The van der Waals surface area contributed by atoms with Gasteiger partial charge in [0.05, 0.1) is 13.2 Å². The van der Waals surface area contributed by atoms with Crippen molar-refractivity contribution in [1.29, 1.82) is 0 Å². The molecule has 0 saturated carbocycles. The summed E-state index contributed by atoms with van der Waals surface area (Å²) >= 11 is 5.69. The number of halogens is 1. The van der Waals surface area contributed by atoms with Gasteiger partial charge in [-0.25, -0.2) is 0 Å². The van der Waals surface area contributed by atoms with E-state index in [0.29, 0.717) is 5.41 Å². The van der Waals surface area contributed by atoms with Crippen LogP contribution >= 0.6 is 11.6 Å². The molecule has 1 spiro atoms. The quantitative estimate of drug-likeness (QED) is 0.608. The van der Waals surface area contributed by atoms with Gasteiger partial charge in [-0.2, -0.15) is 0 Å². The van der Waals surface area contributed by atoms with E-state index in [0.717, 1.165) is 25.6 Å². The Balaban J connectivity index is 1.77. The van der Waals surface area contributed by atoms with Gasteiger partial charge in [-0.3, -0.25) is 0 Å². The van der Waals surface area contributed by atoms with Crippen molar-refractivity contribution in [2.75, 3.05) is 38.7 Å². The van der Waals surface area contributed by atoms with Crippen molar-refractivity contribution in [3.05, 3.63) is 0 Å². The lowest BCUT2D eigenvalue weighted by Crippen LogP contribution is -2.51. The maximum Gasteiger partial charge on any atom is 0.0545 e. The van der Waals surface area contributed by atoms with E-state index < -0.39 is 0 Å². The van der Waals surface area contributed by atoms with Crippen LogP contribution < -0.4 is 0 Å². The normalized spacial score (nSPS) is 28.8. The Labute approximate surface area is 78.8 Å². The van der Waals surface area contributed by atoms with Crippen molar-refractivity contribution in [2.24, 2.45) is 5.41 Å². The third-order valence-electron chi connectivity index (χ3n) is 3.13. The molecule has 2 aliphatic rings. The van der Waals surface area contributed by atoms with E-state index in [1.165, 1.54) is 25.9 Å². The Morgan fingerprint density at radius 1 is 1.25 bits per heavy atom. The number of nitrogens with zero attached hydrogens (tertiary/aromatic N) is 1. The van der Waals surface area contributed by atoms with Gasteiger partial charge in [-0.15, -0.1) is 11.6 Å². The van der Waals surface area contributed by atoms with Gasteiger partial charge in [0.15, 0.2) is 0 Å². The summed E-state index contributed by atoms with van der Waals surface area (Å²) in [7, 11) is 0. The van der Waals surface area contributed by atoms with Crippen LogP contribution in [0.3, 0.4) is 0 Å². The zero-order valence-electron chi connectivity index (χ0n) is 7.39. The molecular weight excluding hydrogens is 174 g/mol. The van der Waals surface area contributed by atoms with E-state index in [9.17, 15) is 0 Å². The molecule has 2 nitrogen and oxygen atoms in total. The van der Waals surface area contributed by atoms with Gasteiger partial charge in [0.25, 0.3) is 0 Å². The minimum Gasteiger partial charge on any atom is -0.380 e. The number of likely N-dealkylation sites (tertiary alicyclic amines) is 1. The summed E-state index contributed by atoms with van der Waals surface area (Å²) in [5, 5.41) is 0. The lowest BCUT2D eigenvalue weighted by molar-refractivity contribution is -0.139. The first kappa shape index (κ1) is 8.79. The predicted octanol–water partition coefficient (Wildman–Crippen LogP) is 1.34. The molecular formula is C9H16ClNO. The second-order valence-electron chi connectivity index (χ2n) is 4.02. The first-order valence-corrected chi connectivity index (χ1v) is 5.24. The lowest BCUT2D eigenvalue weighted by atomic mass is 9.77. The van der Waals surface area contributed by atoms with Gasteiger partial charge >= 0.3 is 0 Å². The fourth-order valence-corrected chi connectivity index (χ4v) is 2.29. The SMILES string of the molecule is ClCCN1CCC2(CC1)COC2. The molecule has 0 aromatic rings. The molecule has 0 radical (unpaired) electrons. The molecule has 12 heavy (non-hydrogen) atoms. The number of ether oxygens (including phenoxy) is 1. The van der Waals surface area contributed by atoms with Gasteiger partial charge in [-0.05, 0) is 25.9 Å². The summed E-state index contributed by atoms with van der Waals surface area (Å²) in [5.74, 6) is 0.767. The molecule has 3 heteroatoms. The predicted molar refractivity (Wildman–Crippen MR) is 49.6 cm³/mol. The average molecular weight is 190 g/mol. The molecule has 0 bridgehead atoms. The molecule has 0 unspecified atom stereocenters. The average Bonchev–Trinajstić information content (AvgIpc) is 2.04. The van der Waals surface area contributed by atoms with Crippen LogP contribution in [0.25, 0.3) is 0 Å². The van der Waals surface area contributed by atoms with E-state index in [-0.39, 0.29) is 0 Å². The van der Waals surface area contributed by atoms with E-state index in [2.05, 4.69) is 4.90 Å². The monoisotopic (exact) mass is 189 g/mol. The molecule has 2 aliphatic heterocycles. The highest BCUT2D eigenvalue weighted by molar-refractivity contribution is 6.18. The maximum atomic E-state index is 5.69. The van der Waals surface area contributed by atoms with E-state index >= 15 is 0 Å². The Bertz CT molecular complexity index is 149. The number of rotatable bonds is 2. The number of alkyl halides is 1. The van der Waals surface area contributed by atoms with Crippen molar-refractivity contribution >= 4 is 11.6 Å². The number of hydrogen-bond acceptors (Lipinski definition) is 2. The summed E-state index contributed by atoms with van der Waals surface area (Å²) in [5.41, 5.74) is 0.572. The molecule has 70 valence electrons. The maximum absolute atomic E-state index is 5.69. The number of piperidine rings is 1. The van der Waals surface area contributed by atoms with Gasteiger partial charge in [-0.1, -0.05) is 0 Å². The fraction of sp³-hybridized carbons (Fsp3) is 1.00. The van der Waals surface area contributed by atoms with Crippen LogP contribution in [0.15, 0.2) is 0 Å². The minimum absolute atomic E-state index is 0.572. The second-order valence-corrected chi connectivity index (χ2v) is 4.40. The number of hydrogen-bond donors (Lipinski definition) is 0. The molecule has 2 saturated heterocycles. The third kappa shape index (κ3) is 1.61. The molecule has 0 atom stereocenters. The standard InChI is InChI=1S/C9H16ClNO/c10-3-6-11-4-1-9(2-5-11)7-12-8-9/h1-8H2. The van der Waals surface area contributed by atoms with Crippen molar-refractivity contribution in [3.8, 4) is 0 Å². The lowest BCUT2D eigenvalue weighted by Gasteiger charge is -2.47. The topological polar surface area (TPSA) is 12.5 Å². The highest BCUT2D eigenvalue weighted by Gasteiger charge is 2.40. The summed E-state index contributed by atoms with van der Waals surface area (Å²) < 4.78 is 5.27. The van der Waals surface area contributed by atoms with Crippen LogP contribution in [-0.2, 0) is 4.74 Å². The minimum atomic E-state index is 0.572. The highest BCUT2D eigenvalue weighted by Crippen LogP contribution is 2.38. The van der Waals surface area contributed by atoms with Crippen LogP contribution in [0.4, 0.5) is 0 Å². The smallest absolute Gasteiger partial charge is 0.0545 e. The first-order valence-electron chi connectivity index (χ1n) is 4.71. The Morgan fingerprint density at radius 3 is 2.33 bits per heavy atom. The zero-order valence-corrected chi connectivity index (χ0v) is 8.15. The van der Waals surface area contributed by atoms with Crippen LogP contribution in [-0.4, -0.2) is 43.6 Å². The first-order chi connectivity index (χ1) is 5.85. The van der Waals surface area contributed by atoms with Crippen LogP contribution in [0, 0.1) is 5.41 Å². The molecule has 2 heterocycles.